The van der Waals surface area contributed by atoms with Gasteiger partial charge in [0, 0.05) is 6.42 Å². The van der Waals surface area contributed by atoms with Crippen LogP contribution in [-0.4, -0.2) is 12.9 Å². The minimum atomic E-state index is -0.889. The zero-order valence-corrected chi connectivity index (χ0v) is 11.7. The fourth-order valence-corrected chi connectivity index (χ4v) is 2.97. The standard InChI is InChI=1S/C16H20F2O2/c1-2-20-14-8-7-13(15(17)16(14)18)12-5-3-11(4-6-12)9-10-19/h7-8,10-12H,2-6,9H2,1H3. The van der Waals surface area contributed by atoms with Crippen LogP contribution >= 0.6 is 0 Å². The number of rotatable bonds is 5. The van der Waals surface area contributed by atoms with Gasteiger partial charge in [0.25, 0.3) is 0 Å². The Morgan fingerprint density at radius 2 is 1.90 bits per heavy atom. The van der Waals surface area contributed by atoms with Crippen molar-refractivity contribution in [3.8, 4) is 5.75 Å². The molecule has 1 aliphatic rings. The predicted octanol–water partition coefficient (Wildman–Crippen LogP) is 4.23. The average Bonchev–Trinajstić information content (AvgIpc) is 2.46. The van der Waals surface area contributed by atoms with Crippen LogP contribution in [0.15, 0.2) is 12.1 Å². The van der Waals surface area contributed by atoms with Gasteiger partial charge in [0.1, 0.15) is 6.29 Å². The number of benzene rings is 1. The van der Waals surface area contributed by atoms with Gasteiger partial charge in [-0.2, -0.15) is 4.39 Å². The third-order valence-corrected chi connectivity index (χ3v) is 4.09. The quantitative estimate of drug-likeness (QED) is 0.756. The molecule has 2 rings (SSSR count). The molecule has 0 spiro atoms. The molecule has 0 aliphatic heterocycles. The third-order valence-electron chi connectivity index (χ3n) is 4.09. The molecule has 110 valence electrons. The highest BCUT2D eigenvalue weighted by atomic mass is 19.2. The third kappa shape index (κ3) is 3.17. The lowest BCUT2D eigenvalue weighted by atomic mass is 9.77. The Kier molecular flexibility index (Phi) is 5.10. The second-order valence-corrected chi connectivity index (χ2v) is 5.33. The Morgan fingerprint density at radius 3 is 2.50 bits per heavy atom. The molecular weight excluding hydrogens is 262 g/mol. The van der Waals surface area contributed by atoms with Crippen molar-refractivity contribution in [3.63, 3.8) is 0 Å². The van der Waals surface area contributed by atoms with Crippen LogP contribution in [-0.2, 0) is 4.79 Å². The van der Waals surface area contributed by atoms with Crippen LogP contribution in [0.2, 0.25) is 0 Å². The number of halogens is 2. The van der Waals surface area contributed by atoms with Gasteiger partial charge in [-0.3, -0.25) is 0 Å². The van der Waals surface area contributed by atoms with Crippen LogP contribution in [0, 0.1) is 17.6 Å². The minimum absolute atomic E-state index is 0.0246. The monoisotopic (exact) mass is 282 g/mol. The average molecular weight is 282 g/mol. The van der Waals surface area contributed by atoms with E-state index in [1.54, 1.807) is 13.0 Å². The van der Waals surface area contributed by atoms with E-state index < -0.39 is 11.6 Å². The summed E-state index contributed by atoms with van der Waals surface area (Å²) < 4.78 is 33.0. The van der Waals surface area contributed by atoms with E-state index in [1.165, 1.54) is 6.07 Å². The molecule has 1 fully saturated rings. The van der Waals surface area contributed by atoms with E-state index in [-0.39, 0.29) is 11.7 Å². The number of carbonyl (C=O) groups excluding carboxylic acids is 1. The van der Waals surface area contributed by atoms with E-state index in [0.717, 1.165) is 32.0 Å². The largest absolute Gasteiger partial charge is 0.491 e. The summed E-state index contributed by atoms with van der Waals surface area (Å²) in [5.41, 5.74) is 0.440. The Labute approximate surface area is 118 Å². The first kappa shape index (κ1) is 14.9. The van der Waals surface area contributed by atoms with Crippen LogP contribution in [0.3, 0.4) is 0 Å². The van der Waals surface area contributed by atoms with Gasteiger partial charge in [-0.05, 0) is 56.1 Å². The van der Waals surface area contributed by atoms with Crippen LogP contribution in [0.4, 0.5) is 8.78 Å². The van der Waals surface area contributed by atoms with Crippen LogP contribution in [0.1, 0.15) is 50.5 Å². The van der Waals surface area contributed by atoms with E-state index in [2.05, 4.69) is 0 Å². The van der Waals surface area contributed by atoms with Crippen LogP contribution in [0.5, 0.6) is 5.75 Å². The molecule has 0 amide bonds. The maximum atomic E-state index is 14.1. The van der Waals surface area contributed by atoms with Crippen molar-refractivity contribution in [2.75, 3.05) is 6.61 Å². The molecule has 0 bridgehead atoms. The molecule has 1 aliphatic carbocycles. The minimum Gasteiger partial charge on any atom is -0.491 e. The summed E-state index contributed by atoms with van der Waals surface area (Å²) in [5, 5.41) is 0. The van der Waals surface area contributed by atoms with Crippen LogP contribution < -0.4 is 4.74 Å². The first-order valence-electron chi connectivity index (χ1n) is 7.21. The summed E-state index contributed by atoms with van der Waals surface area (Å²) in [6.07, 6.45) is 4.94. The second-order valence-electron chi connectivity index (χ2n) is 5.33. The van der Waals surface area contributed by atoms with Gasteiger partial charge in [-0.15, -0.1) is 0 Å². The van der Waals surface area contributed by atoms with Crippen molar-refractivity contribution >= 4 is 6.29 Å². The Balaban J connectivity index is 2.10. The predicted molar refractivity (Wildman–Crippen MR) is 72.9 cm³/mol. The molecule has 0 aromatic heterocycles. The molecule has 0 radical (unpaired) electrons. The lowest BCUT2D eigenvalue weighted by Gasteiger charge is -2.28. The van der Waals surface area contributed by atoms with E-state index in [4.69, 9.17) is 4.74 Å². The molecule has 2 nitrogen and oxygen atoms in total. The van der Waals surface area contributed by atoms with Crippen molar-refractivity contribution in [1.82, 2.24) is 0 Å². The highest BCUT2D eigenvalue weighted by Gasteiger charge is 2.26. The molecule has 0 heterocycles. The maximum absolute atomic E-state index is 14.1. The van der Waals surface area contributed by atoms with E-state index in [9.17, 15) is 13.6 Å². The van der Waals surface area contributed by atoms with Crippen molar-refractivity contribution in [3.05, 3.63) is 29.3 Å². The fourth-order valence-electron chi connectivity index (χ4n) is 2.97. The summed E-state index contributed by atoms with van der Waals surface area (Å²) in [5.74, 6) is -1.25. The number of hydrogen-bond donors (Lipinski definition) is 0. The van der Waals surface area contributed by atoms with Crippen molar-refractivity contribution in [1.29, 1.82) is 0 Å². The topological polar surface area (TPSA) is 26.3 Å². The number of ether oxygens (including phenoxy) is 1. The molecule has 1 aromatic rings. The summed E-state index contributed by atoms with van der Waals surface area (Å²) >= 11 is 0. The maximum Gasteiger partial charge on any atom is 0.200 e. The second kappa shape index (κ2) is 6.82. The Morgan fingerprint density at radius 1 is 1.20 bits per heavy atom. The van der Waals surface area contributed by atoms with Crippen molar-refractivity contribution in [2.45, 2.75) is 44.9 Å². The molecule has 0 N–H and O–H groups in total. The highest BCUT2D eigenvalue weighted by molar-refractivity contribution is 5.49. The Bertz CT molecular complexity index is 466. The summed E-state index contributed by atoms with van der Waals surface area (Å²) in [4.78, 5) is 10.5. The Hall–Kier alpha value is -1.45. The zero-order chi connectivity index (χ0) is 14.5. The highest BCUT2D eigenvalue weighted by Crippen LogP contribution is 2.39. The molecular formula is C16H20F2O2. The van der Waals surface area contributed by atoms with Gasteiger partial charge in [0.15, 0.2) is 11.6 Å². The summed E-state index contributed by atoms with van der Waals surface area (Å²) in [6, 6.07) is 3.14. The lowest BCUT2D eigenvalue weighted by Crippen LogP contribution is -2.15. The summed E-state index contributed by atoms with van der Waals surface area (Å²) in [6.45, 7) is 2.05. The van der Waals surface area contributed by atoms with Gasteiger partial charge in [0.2, 0.25) is 5.82 Å². The summed E-state index contributed by atoms with van der Waals surface area (Å²) in [7, 11) is 0. The van der Waals surface area contributed by atoms with Gasteiger partial charge in [-0.1, -0.05) is 6.07 Å². The molecule has 0 unspecified atom stereocenters. The van der Waals surface area contributed by atoms with E-state index in [1.807, 2.05) is 0 Å². The van der Waals surface area contributed by atoms with Gasteiger partial charge < -0.3 is 9.53 Å². The zero-order valence-electron chi connectivity index (χ0n) is 11.7. The van der Waals surface area contributed by atoms with E-state index in [0.29, 0.717) is 24.5 Å². The normalized spacial score (nSPS) is 22.6. The van der Waals surface area contributed by atoms with E-state index >= 15 is 0 Å². The molecule has 20 heavy (non-hydrogen) atoms. The van der Waals surface area contributed by atoms with Crippen molar-refractivity contribution in [2.24, 2.45) is 5.92 Å². The SMILES string of the molecule is CCOc1ccc(C2CCC(CC=O)CC2)c(F)c1F. The number of hydrogen-bond acceptors (Lipinski definition) is 2. The smallest absolute Gasteiger partial charge is 0.200 e. The molecule has 4 heteroatoms. The number of aldehydes is 1. The fraction of sp³-hybridized carbons (Fsp3) is 0.562. The van der Waals surface area contributed by atoms with Gasteiger partial charge in [-0.25, -0.2) is 4.39 Å². The lowest BCUT2D eigenvalue weighted by molar-refractivity contribution is -0.108. The van der Waals surface area contributed by atoms with Crippen molar-refractivity contribution < 1.29 is 18.3 Å². The number of carbonyl (C=O) groups is 1. The molecule has 0 saturated heterocycles. The van der Waals surface area contributed by atoms with Gasteiger partial charge in [0.05, 0.1) is 6.61 Å². The first-order valence-corrected chi connectivity index (χ1v) is 7.21. The molecule has 0 atom stereocenters. The molecule has 1 aromatic carbocycles. The van der Waals surface area contributed by atoms with Gasteiger partial charge >= 0.3 is 0 Å². The first-order chi connectivity index (χ1) is 9.67. The molecule has 1 saturated carbocycles. The van der Waals surface area contributed by atoms with Crippen LogP contribution in [0.25, 0.3) is 0 Å².